The van der Waals surface area contributed by atoms with E-state index in [0.717, 1.165) is 11.3 Å². The van der Waals surface area contributed by atoms with E-state index in [1.807, 2.05) is 19.9 Å². The zero-order valence-electron chi connectivity index (χ0n) is 14.2. The largest absolute Gasteiger partial charge is 0.454 e. The fourth-order valence-electron chi connectivity index (χ4n) is 2.48. The third kappa shape index (κ3) is 3.84. The Morgan fingerprint density at radius 2 is 2.08 bits per heavy atom. The summed E-state index contributed by atoms with van der Waals surface area (Å²) >= 11 is 6.97. The van der Waals surface area contributed by atoms with Gasteiger partial charge in [-0.2, -0.15) is 5.10 Å². The number of rotatable bonds is 6. The molecule has 3 rings (SSSR count). The summed E-state index contributed by atoms with van der Waals surface area (Å²) < 4.78 is 7.32. The van der Waals surface area contributed by atoms with Gasteiger partial charge in [0.1, 0.15) is 5.56 Å². The van der Waals surface area contributed by atoms with Gasteiger partial charge in [-0.3, -0.25) is 4.79 Å². The van der Waals surface area contributed by atoms with Crippen LogP contribution in [0.2, 0.25) is 4.34 Å². The van der Waals surface area contributed by atoms with E-state index in [9.17, 15) is 9.59 Å². The molecule has 0 unspecified atom stereocenters. The molecule has 0 spiro atoms. The summed E-state index contributed by atoms with van der Waals surface area (Å²) in [6, 6.07) is 8.70. The number of ether oxygens (including phenoxy) is 1. The summed E-state index contributed by atoms with van der Waals surface area (Å²) in [5.74, 6) is -0.265. The maximum Gasteiger partial charge on any atom is 0.342 e. The molecule has 0 N–H and O–H groups in total. The number of hydrogen-bond donors (Lipinski definition) is 0. The summed E-state index contributed by atoms with van der Waals surface area (Å²) in [4.78, 5) is 29.3. The normalized spacial score (nSPS) is 10.9. The molecule has 0 aliphatic rings. The Kier molecular flexibility index (Phi) is 5.49. The number of halogens is 1. The van der Waals surface area contributed by atoms with Crippen LogP contribution in [0.5, 0.6) is 0 Å². The molecular weight excluding hydrogens is 374 g/mol. The van der Waals surface area contributed by atoms with Crippen LogP contribution in [0, 0.1) is 0 Å². The first kappa shape index (κ1) is 18.3. The smallest absolute Gasteiger partial charge is 0.342 e. The quantitative estimate of drug-likeness (QED) is 0.467. The average Bonchev–Trinajstić information content (AvgIpc) is 3.26. The van der Waals surface area contributed by atoms with Crippen LogP contribution in [0.15, 0.2) is 42.7 Å². The van der Waals surface area contributed by atoms with Gasteiger partial charge in [-0.1, -0.05) is 31.5 Å². The van der Waals surface area contributed by atoms with E-state index in [2.05, 4.69) is 10.1 Å². The van der Waals surface area contributed by atoms with Gasteiger partial charge in [-0.25, -0.2) is 14.5 Å². The van der Waals surface area contributed by atoms with Gasteiger partial charge < -0.3 is 4.74 Å². The number of pyridine rings is 1. The van der Waals surface area contributed by atoms with Gasteiger partial charge in [0.2, 0.25) is 5.78 Å². The summed E-state index contributed by atoms with van der Waals surface area (Å²) in [6.07, 6.45) is 3.10. The highest BCUT2D eigenvalue weighted by Crippen LogP contribution is 2.24. The molecule has 0 bridgehead atoms. The molecule has 0 radical (unpaired) electrons. The molecule has 8 heteroatoms. The summed E-state index contributed by atoms with van der Waals surface area (Å²) in [5.41, 5.74) is 1.00. The summed E-state index contributed by atoms with van der Waals surface area (Å²) in [7, 11) is 0. The minimum Gasteiger partial charge on any atom is -0.454 e. The number of hydrogen-bond acceptors (Lipinski definition) is 6. The van der Waals surface area contributed by atoms with E-state index in [1.165, 1.54) is 6.20 Å². The lowest BCUT2D eigenvalue weighted by molar-refractivity contribution is 0.0474. The predicted octanol–water partition coefficient (Wildman–Crippen LogP) is 4.15. The van der Waals surface area contributed by atoms with E-state index in [1.54, 1.807) is 35.1 Å². The van der Waals surface area contributed by atoms with Crippen molar-refractivity contribution in [2.24, 2.45) is 0 Å². The lowest BCUT2D eigenvalue weighted by Crippen LogP contribution is -2.15. The van der Waals surface area contributed by atoms with Crippen LogP contribution in [-0.2, 0) is 4.74 Å². The number of nitrogens with zero attached hydrogens (tertiary/aromatic N) is 3. The van der Waals surface area contributed by atoms with Gasteiger partial charge in [0.25, 0.3) is 0 Å². The molecule has 3 heterocycles. The molecule has 0 aromatic carbocycles. The van der Waals surface area contributed by atoms with E-state index < -0.39 is 5.97 Å². The van der Waals surface area contributed by atoms with Crippen LogP contribution in [0.25, 0.3) is 5.82 Å². The molecule has 0 aliphatic heterocycles. The molecule has 0 aliphatic carbocycles. The summed E-state index contributed by atoms with van der Waals surface area (Å²) in [5, 5.41) is 4.27. The molecule has 26 heavy (non-hydrogen) atoms. The number of aromatic nitrogens is 3. The Morgan fingerprint density at radius 1 is 1.27 bits per heavy atom. The van der Waals surface area contributed by atoms with E-state index >= 15 is 0 Å². The number of esters is 1. The molecule has 134 valence electrons. The highest BCUT2D eigenvalue weighted by molar-refractivity contribution is 7.18. The van der Waals surface area contributed by atoms with Crippen LogP contribution in [-0.4, -0.2) is 33.1 Å². The maximum atomic E-state index is 12.5. The number of carbonyl (C=O) groups is 2. The Balaban J connectivity index is 1.79. The van der Waals surface area contributed by atoms with Crippen LogP contribution in [0.3, 0.4) is 0 Å². The van der Waals surface area contributed by atoms with E-state index in [0.29, 0.717) is 26.3 Å². The molecule has 3 aromatic heterocycles. The second-order valence-electron chi connectivity index (χ2n) is 5.80. The lowest BCUT2D eigenvalue weighted by atomic mass is 10.1. The van der Waals surface area contributed by atoms with Crippen molar-refractivity contribution >= 4 is 34.7 Å². The molecule has 0 atom stereocenters. The monoisotopic (exact) mass is 389 g/mol. The van der Waals surface area contributed by atoms with Crippen LogP contribution < -0.4 is 0 Å². The van der Waals surface area contributed by atoms with Gasteiger partial charge in [-0.15, -0.1) is 11.3 Å². The van der Waals surface area contributed by atoms with E-state index in [4.69, 9.17) is 16.3 Å². The van der Waals surface area contributed by atoms with Crippen molar-refractivity contribution in [2.75, 3.05) is 6.61 Å². The summed E-state index contributed by atoms with van der Waals surface area (Å²) in [6.45, 7) is 3.56. The SMILES string of the molecule is CC(C)c1c(C(=O)OCC(=O)c2ccc(Cl)s2)cnn1-c1ccccn1. The predicted molar refractivity (Wildman–Crippen MR) is 99.4 cm³/mol. The third-order valence-electron chi connectivity index (χ3n) is 3.62. The molecule has 3 aromatic rings. The van der Waals surface area contributed by atoms with Gasteiger partial charge in [0.05, 0.1) is 21.1 Å². The zero-order chi connectivity index (χ0) is 18.7. The van der Waals surface area contributed by atoms with Crippen LogP contribution in [0.4, 0.5) is 0 Å². The van der Waals surface area contributed by atoms with Crippen molar-refractivity contribution in [3.8, 4) is 5.82 Å². The van der Waals surface area contributed by atoms with Crippen molar-refractivity contribution in [3.05, 3.63) is 63.2 Å². The third-order valence-corrected chi connectivity index (χ3v) is 4.89. The van der Waals surface area contributed by atoms with Gasteiger partial charge >= 0.3 is 5.97 Å². The van der Waals surface area contributed by atoms with Gasteiger partial charge in [0.15, 0.2) is 12.4 Å². The number of ketones is 1. The second-order valence-corrected chi connectivity index (χ2v) is 7.52. The van der Waals surface area contributed by atoms with Crippen molar-refractivity contribution in [2.45, 2.75) is 19.8 Å². The number of thiophene rings is 1. The second kappa shape index (κ2) is 7.80. The number of carbonyl (C=O) groups excluding carboxylic acids is 2. The topological polar surface area (TPSA) is 74.1 Å². The zero-order valence-corrected chi connectivity index (χ0v) is 15.8. The van der Waals surface area contributed by atoms with Crippen molar-refractivity contribution in [1.29, 1.82) is 0 Å². The van der Waals surface area contributed by atoms with Crippen LogP contribution in [0.1, 0.15) is 45.5 Å². The lowest BCUT2D eigenvalue weighted by Gasteiger charge is -2.11. The van der Waals surface area contributed by atoms with Gasteiger partial charge in [-0.05, 0) is 30.2 Å². The minimum atomic E-state index is -0.591. The van der Waals surface area contributed by atoms with Gasteiger partial charge in [0, 0.05) is 6.20 Å². The minimum absolute atomic E-state index is 0.00820. The molecule has 0 fully saturated rings. The first-order chi connectivity index (χ1) is 12.5. The fraction of sp³-hybridized carbons (Fsp3) is 0.222. The fourth-order valence-corrected chi connectivity index (χ4v) is 3.44. The maximum absolute atomic E-state index is 12.5. The molecule has 0 saturated carbocycles. The first-order valence-electron chi connectivity index (χ1n) is 7.92. The van der Waals surface area contributed by atoms with Crippen molar-refractivity contribution in [3.63, 3.8) is 0 Å². The highest BCUT2D eigenvalue weighted by atomic mass is 35.5. The standard InChI is InChI=1S/C18H16ClN3O3S/c1-11(2)17-12(9-21-22(17)16-5-3-4-8-20-16)18(24)25-10-13(23)14-6-7-15(19)26-14/h3-9,11H,10H2,1-2H3. The molecule has 6 nitrogen and oxygen atoms in total. The highest BCUT2D eigenvalue weighted by Gasteiger charge is 2.23. The molecular formula is C18H16ClN3O3S. The molecule has 0 saturated heterocycles. The van der Waals surface area contributed by atoms with Crippen LogP contribution >= 0.6 is 22.9 Å². The molecule has 0 amide bonds. The Hall–Kier alpha value is -2.51. The number of Topliss-reactive ketones (excluding diaryl/α,β-unsaturated/α-hetero) is 1. The Bertz CT molecular complexity index is 934. The first-order valence-corrected chi connectivity index (χ1v) is 9.11. The van der Waals surface area contributed by atoms with Crippen molar-refractivity contribution in [1.82, 2.24) is 14.8 Å². The average molecular weight is 390 g/mol. The Labute approximate surface area is 159 Å². The Morgan fingerprint density at radius 3 is 2.69 bits per heavy atom. The van der Waals surface area contributed by atoms with Crippen molar-refractivity contribution < 1.29 is 14.3 Å². The van der Waals surface area contributed by atoms with E-state index in [-0.39, 0.29) is 18.3 Å².